The average molecular weight is 289 g/mol. The molecule has 2 heterocycles. The molecule has 1 fully saturated rings. The molecule has 1 amide bonds. The van der Waals surface area contributed by atoms with Crippen molar-refractivity contribution in [3.05, 3.63) is 22.4 Å². The van der Waals surface area contributed by atoms with Gasteiger partial charge in [-0.25, -0.2) is 0 Å². The van der Waals surface area contributed by atoms with Crippen molar-refractivity contribution in [1.82, 2.24) is 10.6 Å². The highest BCUT2D eigenvalue weighted by molar-refractivity contribution is 7.10. The summed E-state index contributed by atoms with van der Waals surface area (Å²) in [5.74, 6) is 0.133. The molecule has 0 radical (unpaired) electrons. The van der Waals surface area contributed by atoms with E-state index in [4.69, 9.17) is 0 Å². The van der Waals surface area contributed by atoms with Crippen molar-refractivity contribution in [2.24, 2.45) is 0 Å². The van der Waals surface area contributed by atoms with Gasteiger partial charge < -0.3 is 10.6 Å². The Hall–Kier alpha value is -0.580. The molecule has 2 rings (SSSR count). The molecule has 0 spiro atoms. The molecule has 1 aromatic heterocycles. The van der Waals surface area contributed by atoms with Crippen molar-refractivity contribution in [1.29, 1.82) is 0 Å². The lowest BCUT2D eigenvalue weighted by Gasteiger charge is -2.29. The molecule has 5 heteroatoms. The molecule has 102 valence electrons. The van der Waals surface area contributed by atoms with Gasteiger partial charge in [-0.05, 0) is 44.7 Å². The Morgan fingerprint density at radius 3 is 2.89 bits per heavy atom. The molecular formula is C13H21ClN2OS. The van der Waals surface area contributed by atoms with Gasteiger partial charge in [0.1, 0.15) is 0 Å². The lowest BCUT2D eigenvalue weighted by molar-refractivity contribution is -0.126. The first-order chi connectivity index (χ1) is 8.10. The first-order valence-corrected chi connectivity index (χ1v) is 7.04. The summed E-state index contributed by atoms with van der Waals surface area (Å²) in [4.78, 5) is 13.4. The van der Waals surface area contributed by atoms with E-state index in [9.17, 15) is 4.79 Å². The van der Waals surface area contributed by atoms with Gasteiger partial charge in [-0.3, -0.25) is 4.79 Å². The first kappa shape index (κ1) is 15.5. The van der Waals surface area contributed by atoms with Gasteiger partial charge in [0.25, 0.3) is 0 Å². The maximum atomic E-state index is 12.3. The van der Waals surface area contributed by atoms with Crippen LogP contribution in [0.1, 0.15) is 31.6 Å². The van der Waals surface area contributed by atoms with Crippen LogP contribution in [0.4, 0.5) is 0 Å². The van der Waals surface area contributed by atoms with E-state index in [-0.39, 0.29) is 24.4 Å². The Morgan fingerprint density at radius 2 is 2.33 bits per heavy atom. The lowest BCUT2D eigenvalue weighted by atomic mass is 9.89. The number of thiophene rings is 1. The summed E-state index contributed by atoms with van der Waals surface area (Å²) in [5.41, 5.74) is -0.425. The topological polar surface area (TPSA) is 41.1 Å². The number of halogens is 1. The highest BCUT2D eigenvalue weighted by Gasteiger charge is 2.32. The van der Waals surface area contributed by atoms with Gasteiger partial charge in [-0.15, -0.1) is 23.7 Å². The zero-order valence-corrected chi connectivity index (χ0v) is 12.5. The van der Waals surface area contributed by atoms with Gasteiger partial charge in [0.15, 0.2) is 0 Å². The summed E-state index contributed by atoms with van der Waals surface area (Å²) >= 11 is 1.64. The van der Waals surface area contributed by atoms with Crippen molar-refractivity contribution < 1.29 is 4.79 Å². The van der Waals surface area contributed by atoms with E-state index in [0.717, 1.165) is 30.8 Å². The Balaban J connectivity index is 0.00000162. The Kier molecular flexibility index (Phi) is 5.63. The average Bonchev–Trinajstić information content (AvgIpc) is 2.84. The fourth-order valence-corrected chi connectivity index (χ4v) is 2.94. The third-order valence-corrected chi connectivity index (χ3v) is 4.53. The minimum absolute atomic E-state index is 0. The maximum absolute atomic E-state index is 12.3. The van der Waals surface area contributed by atoms with Crippen LogP contribution in [0.15, 0.2) is 17.5 Å². The summed E-state index contributed by atoms with van der Waals surface area (Å²) in [5, 5.41) is 8.49. The van der Waals surface area contributed by atoms with Crippen molar-refractivity contribution in [3.8, 4) is 0 Å². The number of rotatable bonds is 3. The summed E-state index contributed by atoms with van der Waals surface area (Å²) in [6.07, 6.45) is 2.23. The van der Waals surface area contributed by atoms with Gasteiger partial charge in [0.05, 0.1) is 5.41 Å². The second kappa shape index (κ2) is 6.55. The normalized spacial score (nSPS) is 20.0. The Bertz CT molecular complexity index is 372. The van der Waals surface area contributed by atoms with Crippen LogP contribution in [0.3, 0.4) is 0 Å². The molecule has 1 aliphatic heterocycles. The fourth-order valence-electron chi connectivity index (χ4n) is 2.09. The van der Waals surface area contributed by atoms with Crippen LogP contribution in [-0.4, -0.2) is 25.0 Å². The molecule has 0 aromatic carbocycles. The molecule has 1 aromatic rings. The molecular weight excluding hydrogens is 268 g/mol. The summed E-state index contributed by atoms with van der Waals surface area (Å²) in [6, 6.07) is 4.32. The number of amides is 1. The summed E-state index contributed by atoms with van der Waals surface area (Å²) < 4.78 is 0. The molecule has 0 unspecified atom stereocenters. The van der Waals surface area contributed by atoms with E-state index in [0.29, 0.717) is 0 Å². The van der Waals surface area contributed by atoms with Crippen LogP contribution >= 0.6 is 23.7 Å². The van der Waals surface area contributed by atoms with Crippen LogP contribution in [0.5, 0.6) is 0 Å². The number of hydrogen-bond acceptors (Lipinski definition) is 3. The second-order valence-electron chi connectivity index (χ2n) is 5.12. The Morgan fingerprint density at radius 1 is 1.56 bits per heavy atom. The molecule has 0 saturated carbocycles. The number of carbonyl (C=O) groups is 1. The SMILES string of the molecule is CC(C)(C(=O)N[C@H]1CCCNC1)c1cccs1.Cl. The number of nitrogens with one attached hydrogen (secondary N) is 2. The van der Waals surface area contributed by atoms with E-state index < -0.39 is 5.41 Å². The van der Waals surface area contributed by atoms with Gasteiger partial charge in [0.2, 0.25) is 5.91 Å². The molecule has 2 N–H and O–H groups in total. The van der Waals surface area contributed by atoms with E-state index >= 15 is 0 Å². The van der Waals surface area contributed by atoms with Gasteiger partial charge >= 0.3 is 0 Å². The van der Waals surface area contributed by atoms with Crippen LogP contribution in [-0.2, 0) is 10.2 Å². The largest absolute Gasteiger partial charge is 0.351 e. The first-order valence-electron chi connectivity index (χ1n) is 6.16. The molecule has 1 aliphatic rings. The standard InChI is InChI=1S/C13H20N2OS.ClH/c1-13(2,11-6-4-8-17-11)12(16)15-10-5-3-7-14-9-10;/h4,6,8,10,14H,3,5,7,9H2,1-2H3,(H,15,16);1H/t10-;/m0./s1. The number of piperidine rings is 1. The summed E-state index contributed by atoms with van der Waals surface area (Å²) in [7, 11) is 0. The zero-order chi connectivity index (χ0) is 12.3. The summed E-state index contributed by atoms with van der Waals surface area (Å²) in [6.45, 7) is 5.95. The zero-order valence-electron chi connectivity index (χ0n) is 10.9. The quantitative estimate of drug-likeness (QED) is 0.896. The fraction of sp³-hybridized carbons (Fsp3) is 0.615. The number of hydrogen-bond donors (Lipinski definition) is 2. The Labute approximate surface area is 119 Å². The van der Waals surface area contributed by atoms with Crippen LogP contribution in [0.25, 0.3) is 0 Å². The van der Waals surface area contributed by atoms with Gasteiger partial charge in [-0.1, -0.05) is 6.07 Å². The highest BCUT2D eigenvalue weighted by atomic mass is 35.5. The number of carbonyl (C=O) groups excluding carboxylic acids is 1. The second-order valence-corrected chi connectivity index (χ2v) is 6.07. The molecule has 1 saturated heterocycles. The van der Waals surface area contributed by atoms with Crippen molar-refractivity contribution >= 4 is 29.7 Å². The lowest BCUT2D eigenvalue weighted by Crippen LogP contribution is -2.50. The van der Waals surface area contributed by atoms with Crippen molar-refractivity contribution in [3.63, 3.8) is 0 Å². The predicted molar refractivity (Wildman–Crippen MR) is 78.6 cm³/mol. The minimum atomic E-state index is -0.425. The predicted octanol–water partition coefficient (Wildman–Crippen LogP) is 2.32. The van der Waals surface area contributed by atoms with Crippen molar-refractivity contribution in [2.75, 3.05) is 13.1 Å². The van der Waals surface area contributed by atoms with Crippen molar-refractivity contribution in [2.45, 2.75) is 38.1 Å². The molecule has 1 atom stereocenters. The maximum Gasteiger partial charge on any atom is 0.231 e. The van der Waals surface area contributed by atoms with E-state index in [1.807, 2.05) is 31.4 Å². The van der Waals surface area contributed by atoms with Gasteiger partial charge in [-0.2, -0.15) is 0 Å². The molecule has 18 heavy (non-hydrogen) atoms. The van der Waals surface area contributed by atoms with E-state index in [1.54, 1.807) is 11.3 Å². The van der Waals surface area contributed by atoms with E-state index in [2.05, 4.69) is 10.6 Å². The van der Waals surface area contributed by atoms with Crippen LogP contribution in [0.2, 0.25) is 0 Å². The third kappa shape index (κ3) is 3.46. The molecule has 0 aliphatic carbocycles. The monoisotopic (exact) mass is 288 g/mol. The molecule has 0 bridgehead atoms. The van der Waals surface area contributed by atoms with Crippen LogP contribution in [0, 0.1) is 0 Å². The minimum Gasteiger partial charge on any atom is -0.351 e. The smallest absolute Gasteiger partial charge is 0.231 e. The third-order valence-electron chi connectivity index (χ3n) is 3.34. The van der Waals surface area contributed by atoms with Gasteiger partial charge in [0, 0.05) is 17.5 Å². The molecule has 3 nitrogen and oxygen atoms in total. The van der Waals surface area contributed by atoms with Crippen LogP contribution < -0.4 is 10.6 Å². The van der Waals surface area contributed by atoms with E-state index in [1.165, 1.54) is 0 Å². The highest BCUT2D eigenvalue weighted by Crippen LogP contribution is 2.27.